The van der Waals surface area contributed by atoms with Gasteiger partial charge in [0, 0.05) is 18.7 Å². The smallest absolute Gasteiger partial charge is 0.416 e. The highest BCUT2D eigenvalue weighted by atomic mass is 19.4. The van der Waals surface area contributed by atoms with Crippen molar-refractivity contribution in [3.63, 3.8) is 0 Å². The summed E-state index contributed by atoms with van der Waals surface area (Å²) in [7, 11) is 0. The number of carbonyl (C=O) groups is 3. The van der Waals surface area contributed by atoms with Crippen LogP contribution in [0.2, 0.25) is 0 Å². The fourth-order valence-corrected chi connectivity index (χ4v) is 3.45. The summed E-state index contributed by atoms with van der Waals surface area (Å²) in [4.78, 5) is 36.7. The topological polar surface area (TPSA) is 155 Å². The van der Waals surface area contributed by atoms with Crippen LogP contribution in [0.3, 0.4) is 0 Å². The van der Waals surface area contributed by atoms with Gasteiger partial charge in [0.25, 0.3) is 0 Å². The SMILES string of the molecule is CCOc1ccccc1NC(=O)CN1CC(c2nc(-c3cccc(C(F)(F)F)c3)no2)C1.O=C(O)C(=O)O. The molecule has 2 aromatic carbocycles. The van der Waals surface area contributed by atoms with Gasteiger partial charge in [0.2, 0.25) is 17.6 Å². The molecule has 1 amide bonds. The van der Waals surface area contributed by atoms with Gasteiger partial charge in [-0.2, -0.15) is 18.2 Å². The maximum atomic E-state index is 12.9. The van der Waals surface area contributed by atoms with Gasteiger partial charge in [0.15, 0.2) is 0 Å². The number of likely N-dealkylation sites (tertiary alicyclic amines) is 1. The van der Waals surface area contributed by atoms with Crippen LogP contribution in [0.15, 0.2) is 53.1 Å². The summed E-state index contributed by atoms with van der Waals surface area (Å²) in [5.74, 6) is -2.84. The van der Waals surface area contributed by atoms with Gasteiger partial charge in [-0.1, -0.05) is 29.4 Å². The van der Waals surface area contributed by atoms with Crippen molar-refractivity contribution in [1.82, 2.24) is 15.0 Å². The number of hydrogen-bond acceptors (Lipinski definition) is 8. The number of para-hydroxylation sites is 2. The molecule has 11 nitrogen and oxygen atoms in total. The van der Waals surface area contributed by atoms with E-state index in [2.05, 4.69) is 15.5 Å². The maximum Gasteiger partial charge on any atom is 0.416 e. The highest BCUT2D eigenvalue weighted by molar-refractivity contribution is 6.27. The first kappa shape index (κ1) is 28.1. The standard InChI is InChI=1S/C22H21F3N4O3.C2H2O4/c1-2-31-18-9-4-3-8-17(18)26-19(30)13-29-11-15(12-29)21-27-20(28-32-21)14-6-5-7-16(10-14)22(23,24)25;3-1(4)2(5)6/h3-10,15H,2,11-13H2,1H3,(H,26,30);(H,3,4)(H,5,6). The average Bonchev–Trinajstić information content (AvgIpc) is 3.32. The van der Waals surface area contributed by atoms with Crippen molar-refractivity contribution in [2.24, 2.45) is 0 Å². The van der Waals surface area contributed by atoms with E-state index >= 15 is 0 Å². The Kier molecular flexibility index (Phi) is 9.02. The number of carboxylic acids is 2. The number of alkyl halides is 3. The number of carboxylic acid groups (broad SMARTS) is 2. The van der Waals surface area contributed by atoms with Crippen LogP contribution < -0.4 is 10.1 Å². The summed E-state index contributed by atoms with van der Waals surface area (Å²) in [5.41, 5.74) is 0.0745. The van der Waals surface area contributed by atoms with Gasteiger partial charge in [0.05, 0.1) is 30.3 Å². The van der Waals surface area contributed by atoms with Crippen molar-refractivity contribution in [3.05, 3.63) is 60.0 Å². The molecule has 14 heteroatoms. The van der Waals surface area contributed by atoms with Gasteiger partial charge < -0.3 is 24.8 Å². The molecule has 3 aromatic rings. The molecule has 38 heavy (non-hydrogen) atoms. The summed E-state index contributed by atoms with van der Waals surface area (Å²) < 4.78 is 49.5. The normalized spacial score (nSPS) is 13.6. The Balaban J connectivity index is 0.000000599. The molecule has 3 N–H and O–H groups in total. The van der Waals surface area contributed by atoms with Crippen LogP contribution >= 0.6 is 0 Å². The summed E-state index contributed by atoms with van der Waals surface area (Å²) in [6.45, 7) is 3.61. The van der Waals surface area contributed by atoms with E-state index in [4.69, 9.17) is 29.1 Å². The Hall–Kier alpha value is -4.46. The molecular formula is C24H23F3N4O7. The third kappa shape index (κ3) is 7.52. The minimum atomic E-state index is -4.44. The lowest BCUT2D eigenvalue weighted by Gasteiger charge is -2.36. The number of benzene rings is 2. The number of halogens is 3. The Morgan fingerprint density at radius 3 is 2.42 bits per heavy atom. The first-order valence-corrected chi connectivity index (χ1v) is 11.2. The predicted octanol–water partition coefficient (Wildman–Crippen LogP) is 3.35. The molecule has 0 bridgehead atoms. The van der Waals surface area contributed by atoms with Gasteiger partial charge in [0.1, 0.15) is 5.75 Å². The molecule has 0 radical (unpaired) electrons. The Morgan fingerprint density at radius 2 is 1.79 bits per heavy atom. The maximum absolute atomic E-state index is 12.9. The third-order valence-corrected chi connectivity index (χ3v) is 5.21. The quantitative estimate of drug-likeness (QED) is 0.383. The fraction of sp³-hybridized carbons (Fsp3) is 0.292. The largest absolute Gasteiger partial charge is 0.492 e. The molecule has 0 spiro atoms. The number of carbonyl (C=O) groups excluding carboxylic acids is 1. The van der Waals surface area contributed by atoms with Crippen LogP contribution in [0, 0.1) is 0 Å². The minimum Gasteiger partial charge on any atom is -0.492 e. The number of aliphatic carboxylic acids is 2. The van der Waals surface area contributed by atoms with E-state index in [1.807, 2.05) is 24.0 Å². The van der Waals surface area contributed by atoms with E-state index in [-0.39, 0.29) is 29.8 Å². The molecule has 0 atom stereocenters. The molecule has 2 heterocycles. The minimum absolute atomic E-state index is 0.0782. The Bertz CT molecular complexity index is 1280. The van der Waals surface area contributed by atoms with E-state index in [9.17, 15) is 18.0 Å². The molecule has 1 fully saturated rings. The fourth-order valence-electron chi connectivity index (χ4n) is 3.45. The van der Waals surface area contributed by atoms with Gasteiger partial charge >= 0.3 is 18.1 Å². The second kappa shape index (κ2) is 12.2. The van der Waals surface area contributed by atoms with Gasteiger partial charge in [-0.15, -0.1) is 0 Å². The summed E-state index contributed by atoms with van der Waals surface area (Å²) in [6.07, 6.45) is -4.44. The number of hydrogen-bond donors (Lipinski definition) is 3. The summed E-state index contributed by atoms with van der Waals surface area (Å²) >= 11 is 0. The van der Waals surface area contributed by atoms with E-state index < -0.39 is 23.7 Å². The zero-order chi connectivity index (χ0) is 27.9. The first-order chi connectivity index (χ1) is 18.0. The van der Waals surface area contributed by atoms with Crippen LogP contribution in [0.5, 0.6) is 5.75 Å². The van der Waals surface area contributed by atoms with E-state index in [0.29, 0.717) is 37.0 Å². The number of anilines is 1. The van der Waals surface area contributed by atoms with Crippen molar-refractivity contribution in [2.45, 2.75) is 19.0 Å². The summed E-state index contributed by atoms with van der Waals surface area (Å²) in [5, 5.41) is 21.4. The van der Waals surface area contributed by atoms with E-state index in [0.717, 1.165) is 12.1 Å². The van der Waals surface area contributed by atoms with E-state index in [1.165, 1.54) is 12.1 Å². The Labute approximate surface area is 213 Å². The van der Waals surface area contributed by atoms with Gasteiger partial charge in [-0.3, -0.25) is 9.69 Å². The van der Waals surface area contributed by atoms with Crippen LogP contribution in [-0.4, -0.2) is 69.3 Å². The van der Waals surface area contributed by atoms with Crippen molar-refractivity contribution in [3.8, 4) is 17.1 Å². The van der Waals surface area contributed by atoms with Crippen molar-refractivity contribution in [1.29, 1.82) is 0 Å². The van der Waals surface area contributed by atoms with Crippen LogP contribution in [0.25, 0.3) is 11.4 Å². The molecule has 1 aliphatic rings. The average molecular weight is 536 g/mol. The summed E-state index contributed by atoms with van der Waals surface area (Å²) in [6, 6.07) is 12.0. The number of ether oxygens (including phenoxy) is 1. The lowest BCUT2D eigenvalue weighted by molar-refractivity contribution is -0.159. The number of rotatable bonds is 7. The highest BCUT2D eigenvalue weighted by Gasteiger charge is 2.34. The second-order valence-corrected chi connectivity index (χ2v) is 8.01. The molecule has 4 rings (SSSR count). The predicted molar refractivity (Wildman–Crippen MR) is 125 cm³/mol. The molecule has 1 saturated heterocycles. The third-order valence-electron chi connectivity index (χ3n) is 5.21. The number of nitrogens with zero attached hydrogens (tertiary/aromatic N) is 3. The zero-order valence-corrected chi connectivity index (χ0v) is 19.9. The lowest BCUT2D eigenvalue weighted by atomic mass is 10.0. The molecule has 1 aromatic heterocycles. The highest BCUT2D eigenvalue weighted by Crippen LogP contribution is 2.32. The number of amides is 1. The van der Waals surface area contributed by atoms with Crippen LogP contribution in [-0.2, 0) is 20.6 Å². The monoisotopic (exact) mass is 536 g/mol. The molecule has 0 saturated carbocycles. The lowest BCUT2D eigenvalue weighted by Crippen LogP contribution is -2.48. The van der Waals surface area contributed by atoms with Crippen molar-refractivity contribution < 1.29 is 47.0 Å². The molecule has 0 aliphatic carbocycles. The number of nitrogens with one attached hydrogen (secondary N) is 1. The first-order valence-electron chi connectivity index (χ1n) is 11.2. The van der Waals surface area contributed by atoms with Crippen molar-refractivity contribution >= 4 is 23.5 Å². The zero-order valence-electron chi connectivity index (χ0n) is 19.9. The van der Waals surface area contributed by atoms with Crippen molar-refractivity contribution in [2.75, 3.05) is 31.6 Å². The molecule has 202 valence electrons. The molecule has 0 unspecified atom stereocenters. The van der Waals surface area contributed by atoms with Gasteiger partial charge in [-0.05, 0) is 31.2 Å². The Morgan fingerprint density at radius 1 is 1.11 bits per heavy atom. The van der Waals surface area contributed by atoms with Crippen LogP contribution in [0.1, 0.15) is 24.3 Å². The molecular weight excluding hydrogens is 513 g/mol. The second-order valence-electron chi connectivity index (χ2n) is 8.01. The van der Waals surface area contributed by atoms with E-state index in [1.54, 1.807) is 12.1 Å². The van der Waals surface area contributed by atoms with Gasteiger partial charge in [-0.25, -0.2) is 9.59 Å². The van der Waals surface area contributed by atoms with Crippen LogP contribution in [0.4, 0.5) is 18.9 Å². The number of aromatic nitrogens is 2. The molecule has 1 aliphatic heterocycles.